The molecular weight excluding hydrogens is 1140 g/mol. The van der Waals surface area contributed by atoms with Gasteiger partial charge in [0.2, 0.25) is 0 Å². The van der Waals surface area contributed by atoms with E-state index >= 15 is 0 Å². The molecule has 18 aromatic rings. The molecule has 16 aromatic carbocycles. The van der Waals surface area contributed by atoms with E-state index in [2.05, 4.69) is 383 Å². The predicted molar refractivity (Wildman–Crippen MR) is 399 cm³/mol. The monoisotopic (exact) mass is 1200 g/mol. The first-order valence-electron chi connectivity index (χ1n) is 32.3. The Morgan fingerprint density at radius 2 is 0.447 bits per heavy atom. The van der Waals surface area contributed by atoms with E-state index in [-0.39, 0.29) is 0 Å². The molecule has 0 radical (unpaired) electrons. The van der Waals surface area contributed by atoms with Crippen LogP contribution < -0.4 is 9.80 Å². The molecule has 0 N–H and O–H groups in total. The Labute approximate surface area is 545 Å². The third-order valence-electron chi connectivity index (χ3n) is 19.0. The van der Waals surface area contributed by atoms with Gasteiger partial charge in [-0.1, -0.05) is 279 Å². The van der Waals surface area contributed by atoms with Gasteiger partial charge in [-0.05, 0) is 129 Å². The first kappa shape index (κ1) is 54.4. The molecule has 0 amide bonds. The molecule has 0 atom stereocenters. The topological polar surface area (TPSA) is 16.3 Å². The Balaban J connectivity index is 0.797. The van der Waals surface area contributed by atoms with Crippen LogP contribution in [0.15, 0.2) is 364 Å². The quantitative estimate of drug-likeness (QED) is 0.113. The zero-order valence-corrected chi connectivity index (χ0v) is 51.4. The average Bonchev–Trinajstić information content (AvgIpc) is 1.32. The van der Waals surface area contributed by atoms with Crippen molar-refractivity contribution in [2.24, 2.45) is 0 Å². The van der Waals surface area contributed by atoms with Crippen LogP contribution in [0.4, 0.5) is 34.1 Å². The summed E-state index contributed by atoms with van der Waals surface area (Å²) < 4.78 is 4.96. The lowest BCUT2D eigenvalue weighted by Crippen LogP contribution is -2.12. The zero-order valence-electron chi connectivity index (χ0n) is 51.4. The van der Waals surface area contributed by atoms with E-state index in [0.717, 1.165) is 62.0 Å². The van der Waals surface area contributed by atoms with E-state index in [1.54, 1.807) is 0 Å². The van der Waals surface area contributed by atoms with E-state index in [1.807, 2.05) is 0 Å². The molecule has 0 saturated carbocycles. The molecule has 0 fully saturated rings. The second-order valence-corrected chi connectivity index (χ2v) is 24.3. The van der Waals surface area contributed by atoms with Gasteiger partial charge in [-0.3, -0.25) is 0 Å². The lowest BCUT2D eigenvalue weighted by molar-refractivity contribution is 1.18. The SMILES string of the molecule is c1ccc(-c2cccc3c4cccc(-c5ccc(N(c6ccccc6)c6cc7cc(N(c8ccccc8)c8ccc(-c9cccc%10c%11cccc(-c%12ccccc%12)c%11n(-c%11ccccc%11)c9%10)cc8)c8ccccc8c7c7ccccc67)cc5)c4n(-c4ccccc4)c23)cc1. The summed E-state index contributed by atoms with van der Waals surface area (Å²) in [6, 6.07) is 133. The van der Waals surface area contributed by atoms with Crippen molar-refractivity contribution >= 4 is 110 Å². The molecule has 0 bridgehead atoms. The summed E-state index contributed by atoms with van der Waals surface area (Å²) in [4.78, 5) is 4.89. The summed E-state index contributed by atoms with van der Waals surface area (Å²) in [5, 5.41) is 12.0. The maximum absolute atomic E-state index is 2.48. The fourth-order valence-electron chi connectivity index (χ4n) is 15.0. The average molecular weight is 1200 g/mol. The van der Waals surface area contributed by atoms with Crippen LogP contribution in [-0.4, -0.2) is 9.13 Å². The van der Waals surface area contributed by atoms with Gasteiger partial charge in [0, 0.05) is 88.7 Å². The molecule has 0 spiro atoms. The van der Waals surface area contributed by atoms with Gasteiger partial charge in [0.25, 0.3) is 0 Å². The summed E-state index contributed by atoms with van der Waals surface area (Å²) in [6.45, 7) is 0. The van der Waals surface area contributed by atoms with Crippen LogP contribution in [0.2, 0.25) is 0 Å². The first-order chi connectivity index (χ1) is 46.7. The molecule has 0 aliphatic rings. The number of anilines is 6. The van der Waals surface area contributed by atoms with E-state index in [1.165, 1.54) is 104 Å². The molecule has 0 aliphatic heterocycles. The Morgan fingerprint density at radius 1 is 0.191 bits per heavy atom. The van der Waals surface area contributed by atoms with Gasteiger partial charge in [0.1, 0.15) is 0 Å². The Hall–Kier alpha value is -12.5. The van der Waals surface area contributed by atoms with Gasteiger partial charge < -0.3 is 18.9 Å². The van der Waals surface area contributed by atoms with E-state index in [0.29, 0.717) is 0 Å². The highest BCUT2D eigenvalue weighted by atomic mass is 15.2. The Kier molecular flexibility index (Phi) is 13.2. The number of para-hydroxylation sites is 8. The van der Waals surface area contributed by atoms with Crippen LogP contribution in [0.1, 0.15) is 0 Å². The molecular formula is C90H60N4. The van der Waals surface area contributed by atoms with Gasteiger partial charge in [-0.2, -0.15) is 0 Å². The third kappa shape index (κ3) is 8.99. The van der Waals surface area contributed by atoms with Gasteiger partial charge in [0.15, 0.2) is 0 Å². The highest BCUT2D eigenvalue weighted by molar-refractivity contribution is 6.27. The van der Waals surface area contributed by atoms with Gasteiger partial charge >= 0.3 is 0 Å². The van der Waals surface area contributed by atoms with Crippen molar-refractivity contribution in [2.75, 3.05) is 9.80 Å². The van der Waals surface area contributed by atoms with Crippen molar-refractivity contribution in [3.05, 3.63) is 364 Å². The molecule has 0 saturated heterocycles. The number of aromatic nitrogens is 2. The van der Waals surface area contributed by atoms with E-state index in [4.69, 9.17) is 0 Å². The minimum absolute atomic E-state index is 1.06. The van der Waals surface area contributed by atoms with Gasteiger partial charge in [0.05, 0.1) is 33.4 Å². The highest BCUT2D eigenvalue weighted by Gasteiger charge is 2.26. The number of hydrogen-bond donors (Lipinski definition) is 0. The number of benzene rings is 16. The lowest BCUT2D eigenvalue weighted by atomic mass is 9.93. The van der Waals surface area contributed by atoms with Crippen LogP contribution >= 0.6 is 0 Å². The van der Waals surface area contributed by atoms with Crippen LogP contribution in [0.25, 0.3) is 132 Å². The molecule has 4 nitrogen and oxygen atoms in total. The first-order valence-corrected chi connectivity index (χ1v) is 32.3. The minimum atomic E-state index is 1.06. The predicted octanol–water partition coefficient (Wildman–Crippen LogP) is 24.9. The molecule has 18 rings (SSSR count). The zero-order chi connectivity index (χ0) is 62.1. The van der Waals surface area contributed by atoms with Crippen LogP contribution in [-0.2, 0) is 0 Å². The van der Waals surface area contributed by atoms with Gasteiger partial charge in [-0.15, -0.1) is 0 Å². The summed E-state index contributed by atoms with van der Waals surface area (Å²) >= 11 is 0. The van der Waals surface area contributed by atoms with E-state index in [9.17, 15) is 0 Å². The molecule has 4 heteroatoms. The van der Waals surface area contributed by atoms with Crippen molar-refractivity contribution in [2.45, 2.75) is 0 Å². The summed E-state index contributed by atoms with van der Waals surface area (Å²) in [6.07, 6.45) is 0. The van der Waals surface area contributed by atoms with Crippen molar-refractivity contribution < 1.29 is 0 Å². The number of nitrogens with zero attached hydrogens (tertiary/aromatic N) is 4. The summed E-state index contributed by atoms with van der Waals surface area (Å²) in [5.41, 5.74) is 22.9. The Bertz CT molecular complexity index is 5500. The van der Waals surface area contributed by atoms with Crippen molar-refractivity contribution in [1.29, 1.82) is 0 Å². The second kappa shape index (κ2) is 22.8. The second-order valence-electron chi connectivity index (χ2n) is 24.3. The fourth-order valence-corrected chi connectivity index (χ4v) is 15.0. The smallest absolute Gasteiger partial charge is 0.0619 e. The number of hydrogen-bond acceptors (Lipinski definition) is 2. The molecule has 0 unspecified atom stereocenters. The highest BCUT2D eigenvalue weighted by Crippen LogP contribution is 2.50. The lowest BCUT2D eigenvalue weighted by Gasteiger charge is -2.30. The fraction of sp³-hybridized carbons (Fsp3) is 0. The van der Waals surface area contributed by atoms with Crippen LogP contribution in [0.5, 0.6) is 0 Å². The van der Waals surface area contributed by atoms with Crippen LogP contribution in [0, 0.1) is 0 Å². The maximum Gasteiger partial charge on any atom is 0.0619 e. The van der Waals surface area contributed by atoms with Crippen molar-refractivity contribution in [3.8, 4) is 55.9 Å². The molecule has 2 aromatic heterocycles. The third-order valence-corrected chi connectivity index (χ3v) is 19.0. The largest absolute Gasteiger partial charge is 0.310 e. The molecule has 94 heavy (non-hydrogen) atoms. The van der Waals surface area contributed by atoms with Crippen molar-refractivity contribution in [1.82, 2.24) is 9.13 Å². The molecule has 440 valence electrons. The van der Waals surface area contributed by atoms with Crippen molar-refractivity contribution in [3.63, 3.8) is 0 Å². The Morgan fingerprint density at radius 3 is 0.777 bits per heavy atom. The molecule has 2 heterocycles. The molecule has 0 aliphatic carbocycles. The summed E-state index contributed by atoms with van der Waals surface area (Å²) in [5.74, 6) is 0. The van der Waals surface area contributed by atoms with Crippen LogP contribution in [0.3, 0.4) is 0 Å². The summed E-state index contributed by atoms with van der Waals surface area (Å²) in [7, 11) is 0. The normalized spacial score (nSPS) is 11.6. The van der Waals surface area contributed by atoms with E-state index < -0.39 is 0 Å². The number of rotatable bonds is 12. The number of fused-ring (bicyclic) bond motifs is 11. The maximum atomic E-state index is 2.48. The standard InChI is InChI=1S/C90H60N4/c1-7-27-61(28-8-1)72-43-23-47-80-82-49-25-45-74(89(82)93(87(72)80)68-35-15-5-16-36-68)63-51-55-70(56-52-63)91(66-31-11-3-12-32-66)84-59-65-60-85(77-40-20-22-42-79(77)86(65)78-41-21-19-39-76(78)84)92(67-33-13-4-14-34-67)71-57-53-64(54-58-71)75-46-26-50-83-81-48-24-44-73(62-29-9-2-10-30-62)88(81)94(90(75)83)69-37-17-6-18-38-69/h1-60H. The minimum Gasteiger partial charge on any atom is -0.310 e. The van der Waals surface area contributed by atoms with Gasteiger partial charge in [-0.25, -0.2) is 0 Å².